The molecule has 26 heavy (non-hydrogen) atoms. The van der Waals surface area contributed by atoms with Crippen molar-refractivity contribution in [2.45, 2.75) is 19.4 Å². The number of benzene rings is 2. The van der Waals surface area contributed by atoms with Crippen molar-refractivity contribution in [2.75, 3.05) is 0 Å². The average Bonchev–Trinajstić information content (AvgIpc) is 3.16. The molecule has 0 bridgehead atoms. The summed E-state index contributed by atoms with van der Waals surface area (Å²) in [7, 11) is 0. The molecule has 3 rings (SSSR count). The van der Waals surface area contributed by atoms with E-state index in [1.54, 1.807) is 29.2 Å². The van der Waals surface area contributed by atoms with Crippen molar-refractivity contribution in [2.24, 2.45) is 0 Å². The second kappa shape index (κ2) is 7.56. The van der Waals surface area contributed by atoms with Crippen molar-refractivity contribution in [3.8, 4) is 5.69 Å². The SMILES string of the molecule is C[C@H](NC(=O)Cc1ccccc1[N+](=O)[O-])c1ccc(-n2cncn2)cc1. The molecule has 8 nitrogen and oxygen atoms in total. The third-order valence-corrected chi connectivity index (χ3v) is 3.99. The van der Waals surface area contributed by atoms with Crippen molar-refractivity contribution >= 4 is 11.6 Å². The number of hydrogen-bond acceptors (Lipinski definition) is 5. The molecule has 2 aromatic carbocycles. The van der Waals surface area contributed by atoms with E-state index in [0.717, 1.165) is 11.3 Å². The first-order chi connectivity index (χ1) is 12.5. The normalized spacial score (nSPS) is 11.7. The lowest BCUT2D eigenvalue weighted by Gasteiger charge is -2.15. The molecule has 0 saturated carbocycles. The summed E-state index contributed by atoms with van der Waals surface area (Å²) in [4.78, 5) is 26.7. The number of nitrogens with one attached hydrogen (secondary N) is 1. The van der Waals surface area contributed by atoms with E-state index in [-0.39, 0.29) is 24.1 Å². The van der Waals surface area contributed by atoms with Crippen LogP contribution in [0.2, 0.25) is 0 Å². The number of carbonyl (C=O) groups is 1. The molecule has 1 aromatic heterocycles. The first kappa shape index (κ1) is 17.3. The van der Waals surface area contributed by atoms with Crippen LogP contribution in [-0.2, 0) is 11.2 Å². The van der Waals surface area contributed by atoms with E-state index in [0.29, 0.717) is 5.56 Å². The molecule has 0 fully saturated rings. The number of hydrogen-bond donors (Lipinski definition) is 1. The number of aromatic nitrogens is 3. The summed E-state index contributed by atoms with van der Waals surface area (Å²) in [5.74, 6) is -0.271. The van der Waals surface area contributed by atoms with Crippen LogP contribution in [0.1, 0.15) is 24.1 Å². The Morgan fingerprint density at radius 2 is 1.96 bits per heavy atom. The van der Waals surface area contributed by atoms with Gasteiger partial charge in [-0.25, -0.2) is 9.67 Å². The number of rotatable bonds is 6. The predicted octanol–water partition coefficient (Wildman–Crippen LogP) is 2.60. The Balaban J connectivity index is 1.65. The second-order valence-corrected chi connectivity index (χ2v) is 5.78. The van der Waals surface area contributed by atoms with Crippen LogP contribution in [0.4, 0.5) is 5.69 Å². The topological polar surface area (TPSA) is 103 Å². The highest BCUT2D eigenvalue weighted by molar-refractivity contribution is 5.80. The summed E-state index contributed by atoms with van der Waals surface area (Å²) in [5.41, 5.74) is 2.13. The maximum atomic E-state index is 12.3. The van der Waals surface area contributed by atoms with Crippen LogP contribution in [0.25, 0.3) is 5.69 Å². The number of nitro groups is 1. The van der Waals surface area contributed by atoms with Crippen LogP contribution >= 0.6 is 0 Å². The molecule has 0 saturated heterocycles. The van der Waals surface area contributed by atoms with E-state index in [1.165, 1.54) is 12.4 Å². The fourth-order valence-electron chi connectivity index (χ4n) is 2.64. The lowest BCUT2D eigenvalue weighted by atomic mass is 10.1. The van der Waals surface area contributed by atoms with Gasteiger partial charge in [0.15, 0.2) is 0 Å². The zero-order chi connectivity index (χ0) is 18.5. The molecule has 132 valence electrons. The highest BCUT2D eigenvalue weighted by Gasteiger charge is 2.17. The summed E-state index contributed by atoms with van der Waals surface area (Å²) in [6.45, 7) is 1.86. The molecule has 1 N–H and O–H groups in total. The summed E-state index contributed by atoms with van der Waals surface area (Å²) < 4.78 is 1.64. The van der Waals surface area contributed by atoms with Gasteiger partial charge in [-0.05, 0) is 24.6 Å². The second-order valence-electron chi connectivity index (χ2n) is 5.78. The Labute approximate surface area is 149 Å². The Hall–Kier alpha value is -3.55. The molecule has 0 spiro atoms. The van der Waals surface area contributed by atoms with Gasteiger partial charge in [-0.3, -0.25) is 14.9 Å². The van der Waals surface area contributed by atoms with Crippen molar-refractivity contribution in [3.63, 3.8) is 0 Å². The first-order valence-electron chi connectivity index (χ1n) is 8.01. The van der Waals surface area contributed by atoms with Crippen molar-refractivity contribution in [1.29, 1.82) is 0 Å². The zero-order valence-electron chi connectivity index (χ0n) is 14.1. The quantitative estimate of drug-likeness (QED) is 0.543. The minimum absolute atomic E-state index is 0.0431. The van der Waals surface area contributed by atoms with Gasteiger partial charge in [-0.15, -0.1) is 0 Å². The highest BCUT2D eigenvalue weighted by Crippen LogP contribution is 2.19. The van der Waals surface area contributed by atoms with Gasteiger partial charge in [0.2, 0.25) is 5.91 Å². The monoisotopic (exact) mass is 351 g/mol. The molecule has 0 unspecified atom stereocenters. The van der Waals surface area contributed by atoms with E-state index in [4.69, 9.17) is 0 Å². The van der Waals surface area contributed by atoms with Gasteiger partial charge in [-0.1, -0.05) is 30.3 Å². The van der Waals surface area contributed by atoms with Gasteiger partial charge < -0.3 is 5.32 Å². The zero-order valence-corrected chi connectivity index (χ0v) is 14.1. The van der Waals surface area contributed by atoms with Gasteiger partial charge in [0.05, 0.1) is 23.1 Å². The van der Waals surface area contributed by atoms with Gasteiger partial charge in [0.1, 0.15) is 12.7 Å². The number of nitro benzene ring substituents is 1. The number of nitrogens with zero attached hydrogens (tertiary/aromatic N) is 4. The van der Waals surface area contributed by atoms with Gasteiger partial charge in [-0.2, -0.15) is 5.10 Å². The van der Waals surface area contributed by atoms with Crippen LogP contribution in [-0.4, -0.2) is 25.6 Å². The summed E-state index contributed by atoms with van der Waals surface area (Å²) in [5, 5.41) is 18.0. The predicted molar refractivity (Wildman–Crippen MR) is 94.7 cm³/mol. The first-order valence-corrected chi connectivity index (χ1v) is 8.01. The van der Waals surface area contributed by atoms with Crippen LogP contribution in [0.15, 0.2) is 61.2 Å². The fourth-order valence-corrected chi connectivity index (χ4v) is 2.64. The Morgan fingerprint density at radius 3 is 2.62 bits per heavy atom. The van der Waals surface area contributed by atoms with Crippen molar-refractivity contribution in [3.05, 3.63) is 82.4 Å². The Morgan fingerprint density at radius 1 is 1.23 bits per heavy atom. The number of amides is 1. The van der Waals surface area contributed by atoms with Crippen LogP contribution in [0.5, 0.6) is 0 Å². The van der Waals surface area contributed by atoms with Crippen molar-refractivity contribution < 1.29 is 9.72 Å². The van der Waals surface area contributed by atoms with Crippen LogP contribution < -0.4 is 5.32 Å². The van der Waals surface area contributed by atoms with Gasteiger partial charge >= 0.3 is 0 Å². The molecule has 0 aliphatic heterocycles. The minimum atomic E-state index is -0.477. The maximum Gasteiger partial charge on any atom is 0.273 e. The largest absolute Gasteiger partial charge is 0.349 e. The van der Waals surface area contributed by atoms with Crippen LogP contribution in [0, 0.1) is 10.1 Å². The summed E-state index contributed by atoms with van der Waals surface area (Å²) in [6, 6.07) is 13.6. The summed E-state index contributed by atoms with van der Waals surface area (Å²) >= 11 is 0. The lowest BCUT2D eigenvalue weighted by Crippen LogP contribution is -2.28. The fraction of sp³-hybridized carbons (Fsp3) is 0.167. The molecular weight excluding hydrogens is 334 g/mol. The summed E-state index contributed by atoms with van der Waals surface area (Å²) in [6.07, 6.45) is 3.02. The molecule has 1 amide bonds. The molecule has 0 aliphatic rings. The Kier molecular flexibility index (Phi) is 5.02. The third-order valence-electron chi connectivity index (χ3n) is 3.99. The molecule has 0 radical (unpaired) electrons. The Bertz CT molecular complexity index is 907. The highest BCUT2D eigenvalue weighted by atomic mass is 16.6. The maximum absolute atomic E-state index is 12.3. The standard InChI is InChI=1S/C18H17N5O3/c1-13(14-6-8-16(9-7-14)22-12-19-11-20-22)21-18(24)10-15-4-2-3-5-17(15)23(25)26/h2-9,11-13H,10H2,1H3,(H,21,24)/t13-/m0/s1. The molecule has 3 aromatic rings. The van der Waals surface area contributed by atoms with E-state index in [1.807, 2.05) is 31.2 Å². The van der Waals surface area contributed by atoms with Gasteiger partial charge in [0.25, 0.3) is 5.69 Å². The lowest BCUT2D eigenvalue weighted by molar-refractivity contribution is -0.385. The van der Waals surface area contributed by atoms with Gasteiger partial charge in [0, 0.05) is 11.6 Å². The number of carbonyl (C=O) groups excluding carboxylic acids is 1. The van der Waals surface area contributed by atoms with E-state index in [2.05, 4.69) is 15.4 Å². The number of para-hydroxylation sites is 1. The molecular formula is C18H17N5O3. The van der Waals surface area contributed by atoms with Crippen molar-refractivity contribution in [1.82, 2.24) is 20.1 Å². The molecule has 0 aliphatic carbocycles. The van der Waals surface area contributed by atoms with E-state index < -0.39 is 4.92 Å². The van der Waals surface area contributed by atoms with E-state index >= 15 is 0 Å². The average molecular weight is 351 g/mol. The molecule has 1 atom stereocenters. The van der Waals surface area contributed by atoms with E-state index in [9.17, 15) is 14.9 Å². The molecule has 1 heterocycles. The smallest absolute Gasteiger partial charge is 0.273 e. The minimum Gasteiger partial charge on any atom is -0.349 e. The van der Waals surface area contributed by atoms with Crippen LogP contribution in [0.3, 0.4) is 0 Å². The molecule has 8 heteroatoms. The third kappa shape index (κ3) is 3.92.